The predicted octanol–water partition coefficient (Wildman–Crippen LogP) is 3.13. The second-order valence-electron chi connectivity index (χ2n) is 6.94. The zero-order valence-electron chi connectivity index (χ0n) is 15.7. The Labute approximate surface area is 172 Å². The molecule has 1 saturated heterocycles. The van der Waals surface area contributed by atoms with Crippen molar-refractivity contribution in [3.63, 3.8) is 0 Å². The summed E-state index contributed by atoms with van der Waals surface area (Å²) in [6.45, 7) is 8.15. The number of benzene rings is 1. The number of aromatic amines is 1. The van der Waals surface area contributed by atoms with Crippen LogP contribution >= 0.6 is 24.0 Å². The number of aliphatic imine (C=N–C) groups is 1. The molecular weight excluding hydrogens is 441 g/mol. The van der Waals surface area contributed by atoms with Crippen LogP contribution in [0.5, 0.6) is 0 Å². The minimum atomic E-state index is 0. The molecule has 3 rings (SSSR count). The standard InChI is InChI=1S/C19H27N5O.HI/c1-4-20-18(22-12-19(2)13-25-14-19)24(3)11-17-21-10-16(23-17)15-8-6-5-7-9-15;/h5-10H,4,11-14H2,1-3H3,(H,20,22)(H,21,23);1H. The Bertz CT molecular complexity index is 712. The van der Waals surface area contributed by atoms with Crippen molar-refractivity contribution >= 4 is 29.9 Å². The van der Waals surface area contributed by atoms with Crippen LogP contribution in [0.2, 0.25) is 0 Å². The molecule has 0 spiro atoms. The van der Waals surface area contributed by atoms with Crippen LogP contribution in [0.1, 0.15) is 19.7 Å². The highest BCUT2D eigenvalue weighted by Crippen LogP contribution is 2.26. The topological polar surface area (TPSA) is 65.5 Å². The Hall–Kier alpha value is -1.61. The summed E-state index contributed by atoms with van der Waals surface area (Å²) in [5.74, 6) is 1.82. The number of nitrogens with zero attached hydrogens (tertiary/aromatic N) is 3. The molecule has 0 aliphatic carbocycles. The quantitative estimate of drug-likeness (QED) is 0.388. The van der Waals surface area contributed by atoms with Crippen LogP contribution in [0.4, 0.5) is 0 Å². The van der Waals surface area contributed by atoms with Gasteiger partial charge in [-0.2, -0.15) is 0 Å². The molecule has 0 unspecified atom stereocenters. The number of hydrogen-bond acceptors (Lipinski definition) is 3. The summed E-state index contributed by atoms with van der Waals surface area (Å²) < 4.78 is 5.31. The molecule has 0 atom stereocenters. The molecule has 7 heteroatoms. The van der Waals surface area contributed by atoms with Crippen molar-refractivity contribution in [3.8, 4) is 11.3 Å². The Morgan fingerprint density at radius 2 is 2.08 bits per heavy atom. The van der Waals surface area contributed by atoms with Gasteiger partial charge >= 0.3 is 0 Å². The lowest BCUT2D eigenvalue weighted by atomic mass is 9.89. The lowest BCUT2D eigenvalue weighted by Crippen LogP contribution is -2.44. The minimum Gasteiger partial charge on any atom is -0.380 e. The van der Waals surface area contributed by atoms with Gasteiger partial charge in [-0.1, -0.05) is 37.3 Å². The Morgan fingerprint density at radius 1 is 1.35 bits per heavy atom. The molecule has 1 aliphatic heterocycles. The van der Waals surface area contributed by atoms with Crippen LogP contribution in [0.3, 0.4) is 0 Å². The SMILES string of the molecule is CCNC(=NCC1(C)COC1)N(C)Cc1ncc(-c2ccccc2)[nH]1.I. The fourth-order valence-corrected chi connectivity index (χ4v) is 2.78. The van der Waals surface area contributed by atoms with Gasteiger partial charge in [-0.25, -0.2) is 4.98 Å². The number of H-pyrrole nitrogens is 1. The molecule has 6 nitrogen and oxygen atoms in total. The summed E-state index contributed by atoms with van der Waals surface area (Å²) in [4.78, 5) is 14.8. The van der Waals surface area contributed by atoms with Gasteiger partial charge in [0.2, 0.25) is 0 Å². The Balaban J connectivity index is 0.00000243. The second kappa shape index (κ2) is 9.36. The number of ether oxygens (including phenoxy) is 1. The average molecular weight is 469 g/mol. The molecule has 1 aromatic carbocycles. The molecule has 0 radical (unpaired) electrons. The molecular formula is C19H28IN5O. The van der Waals surface area contributed by atoms with Crippen molar-refractivity contribution in [1.82, 2.24) is 20.2 Å². The fourth-order valence-electron chi connectivity index (χ4n) is 2.78. The Kier molecular flexibility index (Phi) is 7.45. The van der Waals surface area contributed by atoms with Gasteiger partial charge in [0, 0.05) is 19.0 Å². The van der Waals surface area contributed by atoms with E-state index in [0.717, 1.165) is 49.3 Å². The molecule has 2 N–H and O–H groups in total. The van der Waals surface area contributed by atoms with E-state index in [4.69, 9.17) is 9.73 Å². The van der Waals surface area contributed by atoms with Gasteiger partial charge in [0.05, 0.1) is 38.2 Å². The third-order valence-corrected chi connectivity index (χ3v) is 4.31. The first-order valence-corrected chi connectivity index (χ1v) is 8.76. The first-order chi connectivity index (χ1) is 12.1. The highest BCUT2D eigenvalue weighted by molar-refractivity contribution is 14.0. The molecule has 0 bridgehead atoms. The van der Waals surface area contributed by atoms with Gasteiger partial charge in [0.1, 0.15) is 5.82 Å². The van der Waals surface area contributed by atoms with Crippen molar-refractivity contribution in [2.45, 2.75) is 20.4 Å². The number of guanidine groups is 1. The van der Waals surface area contributed by atoms with Crippen LogP contribution in [-0.2, 0) is 11.3 Å². The number of halogens is 1. The highest BCUT2D eigenvalue weighted by Gasteiger charge is 2.33. The smallest absolute Gasteiger partial charge is 0.194 e. The molecule has 26 heavy (non-hydrogen) atoms. The van der Waals surface area contributed by atoms with Gasteiger partial charge in [0.25, 0.3) is 0 Å². The van der Waals surface area contributed by atoms with Crippen LogP contribution < -0.4 is 5.32 Å². The maximum atomic E-state index is 5.31. The molecule has 1 fully saturated rings. The Morgan fingerprint density at radius 3 is 2.69 bits per heavy atom. The van der Waals surface area contributed by atoms with Crippen LogP contribution in [0.15, 0.2) is 41.5 Å². The van der Waals surface area contributed by atoms with Crippen molar-refractivity contribution in [2.75, 3.05) is 33.4 Å². The third kappa shape index (κ3) is 5.20. The number of imidazole rings is 1. The van der Waals surface area contributed by atoms with Crippen molar-refractivity contribution in [1.29, 1.82) is 0 Å². The summed E-state index contributed by atoms with van der Waals surface area (Å²) in [6.07, 6.45) is 1.88. The van der Waals surface area contributed by atoms with Gasteiger partial charge < -0.3 is 19.9 Å². The van der Waals surface area contributed by atoms with Crippen molar-refractivity contribution in [2.24, 2.45) is 10.4 Å². The zero-order valence-corrected chi connectivity index (χ0v) is 18.0. The third-order valence-electron chi connectivity index (χ3n) is 4.31. The number of aromatic nitrogens is 2. The van der Waals surface area contributed by atoms with Gasteiger partial charge in [-0.05, 0) is 12.5 Å². The van der Waals surface area contributed by atoms with E-state index in [9.17, 15) is 0 Å². The van der Waals surface area contributed by atoms with E-state index in [1.54, 1.807) is 0 Å². The summed E-state index contributed by atoms with van der Waals surface area (Å²) in [6, 6.07) is 10.2. The van der Waals surface area contributed by atoms with Crippen molar-refractivity contribution in [3.05, 3.63) is 42.4 Å². The maximum Gasteiger partial charge on any atom is 0.194 e. The number of hydrogen-bond donors (Lipinski definition) is 2. The van der Waals surface area contributed by atoms with E-state index >= 15 is 0 Å². The molecule has 0 saturated carbocycles. The normalized spacial score (nSPS) is 15.7. The lowest BCUT2D eigenvalue weighted by molar-refractivity contribution is -0.0946. The predicted molar refractivity (Wildman–Crippen MR) is 116 cm³/mol. The monoisotopic (exact) mass is 469 g/mol. The summed E-state index contributed by atoms with van der Waals surface area (Å²) in [5, 5.41) is 3.36. The first kappa shape index (κ1) is 20.7. The van der Waals surface area contributed by atoms with Crippen LogP contribution in [0, 0.1) is 5.41 Å². The molecule has 2 heterocycles. The minimum absolute atomic E-state index is 0. The highest BCUT2D eigenvalue weighted by atomic mass is 127. The lowest BCUT2D eigenvalue weighted by Gasteiger charge is -2.37. The zero-order chi connectivity index (χ0) is 17.7. The largest absolute Gasteiger partial charge is 0.380 e. The van der Waals surface area contributed by atoms with Crippen molar-refractivity contribution < 1.29 is 4.74 Å². The van der Waals surface area contributed by atoms with E-state index in [1.165, 1.54) is 0 Å². The van der Waals surface area contributed by atoms with Gasteiger partial charge in [-0.15, -0.1) is 24.0 Å². The van der Waals surface area contributed by atoms with E-state index in [0.29, 0.717) is 6.54 Å². The molecule has 1 aliphatic rings. The number of rotatable bonds is 6. The first-order valence-electron chi connectivity index (χ1n) is 8.76. The van der Waals surface area contributed by atoms with Gasteiger partial charge in [-0.3, -0.25) is 4.99 Å². The number of nitrogens with one attached hydrogen (secondary N) is 2. The molecule has 2 aromatic rings. The fraction of sp³-hybridized carbons (Fsp3) is 0.474. The van der Waals surface area contributed by atoms with E-state index in [2.05, 4.69) is 46.2 Å². The van der Waals surface area contributed by atoms with E-state index in [1.807, 2.05) is 31.4 Å². The van der Waals surface area contributed by atoms with Crippen LogP contribution in [0.25, 0.3) is 11.3 Å². The molecule has 142 valence electrons. The summed E-state index contributed by atoms with van der Waals surface area (Å²) in [7, 11) is 2.03. The average Bonchev–Trinajstić information content (AvgIpc) is 3.06. The summed E-state index contributed by atoms with van der Waals surface area (Å²) in [5.41, 5.74) is 2.35. The van der Waals surface area contributed by atoms with Gasteiger partial charge in [0.15, 0.2) is 5.96 Å². The van der Waals surface area contributed by atoms with E-state index < -0.39 is 0 Å². The maximum absolute atomic E-state index is 5.31. The van der Waals surface area contributed by atoms with E-state index in [-0.39, 0.29) is 29.4 Å². The van der Waals surface area contributed by atoms with Crippen LogP contribution in [-0.4, -0.2) is 54.2 Å². The molecule has 0 amide bonds. The summed E-state index contributed by atoms with van der Waals surface area (Å²) >= 11 is 0. The molecule has 1 aromatic heterocycles. The second-order valence-corrected chi connectivity index (χ2v) is 6.94.